The average Bonchev–Trinajstić information content (AvgIpc) is 1.96. The van der Waals surface area contributed by atoms with Gasteiger partial charge in [0.05, 0.1) is 12.8 Å². The van der Waals surface area contributed by atoms with Gasteiger partial charge in [0.15, 0.2) is 0 Å². The summed E-state index contributed by atoms with van der Waals surface area (Å²) in [6.45, 7) is 5.42. The maximum absolute atomic E-state index is 10.7. The predicted octanol–water partition coefficient (Wildman–Crippen LogP) is 0.970. The van der Waals surface area contributed by atoms with E-state index in [0.29, 0.717) is 0 Å². The Morgan fingerprint density at radius 1 is 1.42 bits per heavy atom. The third kappa shape index (κ3) is 6.80. The Hall–Kier alpha value is -1.32. The van der Waals surface area contributed by atoms with Crippen molar-refractivity contribution in [3.63, 3.8) is 0 Å². The highest BCUT2D eigenvalue weighted by atomic mass is 16.5. The Balaban J connectivity index is 3.47. The van der Waals surface area contributed by atoms with Crippen LogP contribution in [0.25, 0.3) is 0 Å². The fraction of sp³-hybridized carbons (Fsp3) is 0.500. The summed E-state index contributed by atoms with van der Waals surface area (Å²) < 4.78 is 4.65. The highest BCUT2D eigenvalue weighted by molar-refractivity contribution is 5.76. The molecule has 4 nitrogen and oxygen atoms in total. The SMILES string of the molecule is C=C(C)COC(=O)CCC(=O)O. The molecular weight excluding hydrogens is 160 g/mol. The van der Waals surface area contributed by atoms with E-state index < -0.39 is 11.9 Å². The van der Waals surface area contributed by atoms with Crippen LogP contribution < -0.4 is 0 Å². The summed E-state index contributed by atoms with van der Waals surface area (Å²) in [4.78, 5) is 20.7. The molecular formula is C8H12O4. The average molecular weight is 172 g/mol. The van der Waals surface area contributed by atoms with Crippen LogP contribution in [0.1, 0.15) is 19.8 Å². The minimum absolute atomic E-state index is 0.0807. The van der Waals surface area contributed by atoms with Gasteiger partial charge in [-0.2, -0.15) is 0 Å². The number of carboxylic acid groups (broad SMARTS) is 1. The van der Waals surface area contributed by atoms with Crippen LogP contribution in [-0.2, 0) is 14.3 Å². The molecule has 1 N–H and O–H groups in total. The van der Waals surface area contributed by atoms with Gasteiger partial charge in [0.1, 0.15) is 6.61 Å². The van der Waals surface area contributed by atoms with Crippen LogP contribution in [0.5, 0.6) is 0 Å². The van der Waals surface area contributed by atoms with Crippen molar-refractivity contribution < 1.29 is 19.4 Å². The van der Waals surface area contributed by atoms with Crippen LogP contribution in [0.2, 0.25) is 0 Å². The topological polar surface area (TPSA) is 63.6 Å². The molecule has 0 fully saturated rings. The summed E-state index contributed by atoms with van der Waals surface area (Å²) >= 11 is 0. The third-order valence-electron chi connectivity index (χ3n) is 1.02. The Kier molecular flexibility index (Phi) is 4.76. The number of carbonyl (C=O) groups is 2. The lowest BCUT2D eigenvalue weighted by atomic mass is 10.3. The quantitative estimate of drug-likeness (QED) is 0.495. The fourth-order valence-electron chi connectivity index (χ4n) is 0.485. The zero-order chi connectivity index (χ0) is 9.56. The maximum Gasteiger partial charge on any atom is 0.306 e. The molecule has 4 heteroatoms. The van der Waals surface area contributed by atoms with E-state index in [4.69, 9.17) is 5.11 Å². The summed E-state index contributed by atoms with van der Waals surface area (Å²) in [5, 5.41) is 8.21. The van der Waals surface area contributed by atoms with E-state index in [1.165, 1.54) is 0 Å². The van der Waals surface area contributed by atoms with Crippen molar-refractivity contribution in [2.75, 3.05) is 6.61 Å². The van der Waals surface area contributed by atoms with E-state index in [1.807, 2.05) is 0 Å². The largest absolute Gasteiger partial charge is 0.481 e. The molecule has 0 aliphatic carbocycles. The molecule has 0 aromatic rings. The van der Waals surface area contributed by atoms with E-state index in [-0.39, 0.29) is 19.4 Å². The first-order valence-corrected chi connectivity index (χ1v) is 3.54. The zero-order valence-corrected chi connectivity index (χ0v) is 7.00. The highest BCUT2D eigenvalue weighted by Gasteiger charge is 2.05. The monoisotopic (exact) mass is 172 g/mol. The van der Waals surface area contributed by atoms with Gasteiger partial charge in [-0.05, 0) is 12.5 Å². The normalized spacial score (nSPS) is 9.08. The maximum atomic E-state index is 10.7. The molecule has 0 amide bonds. The van der Waals surface area contributed by atoms with Crippen molar-refractivity contribution in [1.29, 1.82) is 0 Å². The Morgan fingerprint density at radius 3 is 2.42 bits per heavy atom. The van der Waals surface area contributed by atoms with Gasteiger partial charge in [0.2, 0.25) is 0 Å². The number of carbonyl (C=O) groups excluding carboxylic acids is 1. The molecule has 0 atom stereocenters. The summed E-state index contributed by atoms with van der Waals surface area (Å²) in [6.07, 6.45) is -0.266. The number of hydrogen-bond acceptors (Lipinski definition) is 3. The summed E-state index contributed by atoms with van der Waals surface area (Å²) in [7, 11) is 0. The summed E-state index contributed by atoms with van der Waals surface area (Å²) in [5.74, 6) is -1.50. The smallest absolute Gasteiger partial charge is 0.306 e. The van der Waals surface area contributed by atoms with Crippen LogP contribution in [0.3, 0.4) is 0 Å². The first-order valence-electron chi connectivity index (χ1n) is 3.54. The first-order chi connectivity index (χ1) is 5.52. The van der Waals surface area contributed by atoms with E-state index in [1.54, 1.807) is 6.92 Å². The Bertz CT molecular complexity index is 175. The van der Waals surface area contributed by atoms with Gasteiger partial charge in [0, 0.05) is 0 Å². The summed E-state index contributed by atoms with van der Waals surface area (Å²) in [5.41, 5.74) is 0.735. The van der Waals surface area contributed by atoms with E-state index in [9.17, 15) is 9.59 Å². The Labute approximate surface area is 70.8 Å². The molecule has 0 saturated heterocycles. The zero-order valence-electron chi connectivity index (χ0n) is 7.00. The second-order valence-electron chi connectivity index (χ2n) is 2.51. The molecule has 0 heterocycles. The lowest BCUT2D eigenvalue weighted by Gasteiger charge is -2.01. The van der Waals surface area contributed by atoms with E-state index in [2.05, 4.69) is 11.3 Å². The molecule has 0 spiro atoms. The minimum atomic E-state index is -0.998. The molecule has 0 saturated carbocycles. The van der Waals surface area contributed by atoms with Crippen molar-refractivity contribution in [3.8, 4) is 0 Å². The molecule has 0 aromatic carbocycles. The summed E-state index contributed by atoms with van der Waals surface area (Å²) in [6, 6.07) is 0. The van der Waals surface area contributed by atoms with Gasteiger partial charge in [-0.1, -0.05) is 6.58 Å². The molecule has 12 heavy (non-hydrogen) atoms. The van der Waals surface area contributed by atoms with Crippen LogP contribution in [0, 0.1) is 0 Å². The molecule has 0 aliphatic heterocycles. The van der Waals surface area contributed by atoms with Crippen LogP contribution in [0.15, 0.2) is 12.2 Å². The highest BCUT2D eigenvalue weighted by Crippen LogP contribution is 1.95. The molecule has 0 aliphatic rings. The van der Waals surface area contributed by atoms with E-state index >= 15 is 0 Å². The number of esters is 1. The van der Waals surface area contributed by atoms with Gasteiger partial charge >= 0.3 is 11.9 Å². The van der Waals surface area contributed by atoms with Gasteiger partial charge in [0.25, 0.3) is 0 Å². The molecule has 0 bridgehead atoms. The van der Waals surface area contributed by atoms with Gasteiger partial charge in [-0.25, -0.2) is 0 Å². The fourth-order valence-corrected chi connectivity index (χ4v) is 0.485. The number of aliphatic carboxylic acids is 1. The van der Waals surface area contributed by atoms with Crippen molar-refractivity contribution in [2.45, 2.75) is 19.8 Å². The van der Waals surface area contributed by atoms with E-state index in [0.717, 1.165) is 5.57 Å². The lowest BCUT2D eigenvalue weighted by Crippen LogP contribution is -2.08. The Morgan fingerprint density at radius 2 is 2.00 bits per heavy atom. The van der Waals surface area contributed by atoms with Crippen LogP contribution in [0.4, 0.5) is 0 Å². The molecule has 68 valence electrons. The standard InChI is InChI=1S/C8H12O4/c1-6(2)5-12-8(11)4-3-7(9)10/h1,3-5H2,2H3,(H,9,10). The predicted molar refractivity (Wildman–Crippen MR) is 42.6 cm³/mol. The second-order valence-corrected chi connectivity index (χ2v) is 2.51. The van der Waals surface area contributed by atoms with Gasteiger partial charge < -0.3 is 9.84 Å². The van der Waals surface area contributed by atoms with Crippen molar-refractivity contribution in [2.24, 2.45) is 0 Å². The van der Waals surface area contributed by atoms with Crippen LogP contribution in [-0.4, -0.2) is 23.7 Å². The third-order valence-corrected chi connectivity index (χ3v) is 1.02. The number of hydrogen-bond donors (Lipinski definition) is 1. The lowest BCUT2D eigenvalue weighted by molar-refractivity contribution is -0.147. The number of ether oxygens (including phenoxy) is 1. The first kappa shape index (κ1) is 10.7. The molecule has 0 radical (unpaired) electrons. The van der Waals surface area contributed by atoms with Crippen molar-refractivity contribution >= 4 is 11.9 Å². The van der Waals surface area contributed by atoms with Gasteiger partial charge in [-0.15, -0.1) is 0 Å². The van der Waals surface area contributed by atoms with Crippen LogP contribution >= 0.6 is 0 Å². The second kappa shape index (κ2) is 5.35. The van der Waals surface area contributed by atoms with Crippen molar-refractivity contribution in [1.82, 2.24) is 0 Å². The van der Waals surface area contributed by atoms with Gasteiger partial charge in [-0.3, -0.25) is 9.59 Å². The molecule has 0 aromatic heterocycles. The number of rotatable bonds is 5. The minimum Gasteiger partial charge on any atom is -0.481 e. The van der Waals surface area contributed by atoms with Crippen molar-refractivity contribution in [3.05, 3.63) is 12.2 Å². The molecule has 0 unspecified atom stereocenters. The molecule has 0 rings (SSSR count). The number of carboxylic acids is 1.